The normalized spacial score (nSPS) is 10.7. The SMILES string of the molecule is Cc1[nH]c2ccc(C(=O)Nc3cnccn3)cc2c1C. The number of aromatic amines is 1. The number of amides is 1. The van der Waals surface area contributed by atoms with Crippen LogP contribution >= 0.6 is 0 Å². The third-order valence-electron chi connectivity index (χ3n) is 3.38. The van der Waals surface area contributed by atoms with Crippen LogP contribution in [0.3, 0.4) is 0 Å². The number of hydrogen-bond donors (Lipinski definition) is 2. The van der Waals surface area contributed by atoms with Crippen LogP contribution in [0.4, 0.5) is 5.82 Å². The molecule has 0 atom stereocenters. The number of aromatic nitrogens is 3. The summed E-state index contributed by atoms with van der Waals surface area (Å²) in [4.78, 5) is 23.4. The number of nitrogens with zero attached hydrogens (tertiary/aromatic N) is 2. The van der Waals surface area contributed by atoms with E-state index in [0.29, 0.717) is 11.4 Å². The number of hydrogen-bond acceptors (Lipinski definition) is 3. The molecule has 0 spiro atoms. The van der Waals surface area contributed by atoms with Gasteiger partial charge in [-0.25, -0.2) is 4.98 Å². The number of aryl methyl sites for hydroxylation is 2. The van der Waals surface area contributed by atoms with Crippen LogP contribution in [0.25, 0.3) is 10.9 Å². The van der Waals surface area contributed by atoms with Crippen LogP contribution in [0, 0.1) is 13.8 Å². The van der Waals surface area contributed by atoms with E-state index in [9.17, 15) is 4.79 Å². The second-order valence-electron chi connectivity index (χ2n) is 4.68. The Morgan fingerprint density at radius 2 is 2.10 bits per heavy atom. The summed E-state index contributed by atoms with van der Waals surface area (Å²) < 4.78 is 0. The molecule has 0 radical (unpaired) electrons. The molecule has 2 heterocycles. The highest BCUT2D eigenvalue weighted by atomic mass is 16.1. The fourth-order valence-electron chi connectivity index (χ4n) is 2.15. The Balaban J connectivity index is 1.94. The second kappa shape index (κ2) is 4.77. The number of anilines is 1. The Kier molecular flexibility index (Phi) is 2.95. The number of rotatable bonds is 2. The highest BCUT2D eigenvalue weighted by Crippen LogP contribution is 2.22. The predicted molar refractivity (Wildman–Crippen MR) is 77.8 cm³/mol. The van der Waals surface area contributed by atoms with E-state index < -0.39 is 0 Å². The van der Waals surface area contributed by atoms with Crippen LogP contribution in [0.1, 0.15) is 21.6 Å². The van der Waals surface area contributed by atoms with Gasteiger partial charge in [-0.05, 0) is 37.6 Å². The maximum atomic E-state index is 12.2. The van der Waals surface area contributed by atoms with Gasteiger partial charge in [0.25, 0.3) is 5.91 Å². The van der Waals surface area contributed by atoms with Crippen LogP contribution in [0.15, 0.2) is 36.8 Å². The Morgan fingerprint density at radius 3 is 2.85 bits per heavy atom. The van der Waals surface area contributed by atoms with Crippen LogP contribution in [0.2, 0.25) is 0 Å². The topological polar surface area (TPSA) is 70.7 Å². The first-order valence-corrected chi connectivity index (χ1v) is 6.31. The molecule has 3 rings (SSSR count). The van der Waals surface area contributed by atoms with Crippen molar-refractivity contribution in [3.63, 3.8) is 0 Å². The lowest BCUT2D eigenvalue weighted by atomic mass is 10.1. The molecular formula is C15H14N4O. The van der Waals surface area contributed by atoms with Gasteiger partial charge in [0, 0.05) is 34.6 Å². The maximum Gasteiger partial charge on any atom is 0.256 e. The highest BCUT2D eigenvalue weighted by molar-refractivity contribution is 6.06. The van der Waals surface area contributed by atoms with E-state index in [2.05, 4.69) is 20.3 Å². The third kappa shape index (κ3) is 2.14. The predicted octanol–water partition coefficient (Wildman–Crippen LogP) is 2.83. The van der Waals surface area contributed by atoms with Crippen molar-refractivity contribution in [3.8, 4) is 0 Å². The summed E-state index contributed by atoms with van der Waals surface area (Å²) in [5.74, 6) is 0.255. The minimum atomic E-state index is -0.189. The van der Waals surface area contributed by atoms with Gasteiger partial charge < -0.3 is 10.3 Å². The lowest BCUT2D eigenvalue weighted by Crippen LogP contribution is -2.12. The summed E-state index contributed by atoms with van der Waals surface area (Å²) in [7, 11) is 0. The molecule has 5 nitrogen and oxygen atoms in total. The summed E-state index contributed by atoms with van der Waals surface area (Å²) in [6, 6.07) is 5.60. The molecule has 0 aliphatic rings. The van der Waals surface area contributed by atoms with Gasteiger partial charge in [0.1, 0.15) is 0 Å². The maximum absolute atomic E-state index is 12.2. The standard InChI is InChI=1S/C15H14N4O/c1-9-10(2)18-13-4-3-11(7-12(9)13)15(20)19-14-8-16-5-6-17-14/h3-8,18H,1-2H3,(H,17,19,20). The Bertz CT molecular complexity index is 777. The van der Waals surface area contributed by atoms with Gasteiger partial charge in [-0.15, -0.1) is 0 Å². The molecular weight excluding hydrogens is 252 g/mol. The molecule has 1 aromatic carbocycles. The first-order valence-electron chi connectivity index (χ1n) is 6.31. The molecule has 0 saturated heterocycles. The van der Waals surface area contributed by atoms with Crippen molar-refractivity contribution < 1.29 is 4.79 Å². The zero-order valence-electron chi connectivity index (χ0n) is 11.3. The molecule has 0 unspecified atom stereocenters. The van der Waals surface area contributed by atoms with Crippen LogP contribution < -0.4 is 5.32 Å². The quantitative estimate of drug-likeness (QED) is 0.749. The van der Waals surface area contributed by atoms with Crippen molar-refractivity contribution in [1.29, 1.82) is 0 Å². The zero-order chi connectivity index (χ0) is 14.1. The van der Waals surface area contributed by atoms with Crippen molar-refractivity contribution in [2.45, 2.75) is 13.8 Å². The van der Waals surface area contributed by atoms with E-state index in [0.717, 1.165) is 22.2 Å². The fourth-order valence-corrected chi connectivity index (χ4v) is 2.15. The van der Waals surface area contributed by atoms with Crippen molar-refractivity contribution in [2.24, 2.45) is 0 Å². The van der Waals surface area contributed by atoms with E-state index >= 15 is 0 Å². The van der Waals surface area contributed by atoms with E-state index in [4.69, 9.17) is 0 Å². The molecule has 0 bridgehead atoms. The smallest absolute Gasteiger partial charge is 0.256 e. The zero-order valence-corrected chi connectivity index (χ0v) is 11.3. The van der Waals surface area contributed by atoms with Crippen LogP contribution in [-0.4, -0.2) is 20.9 Å². The minimum Gasteiger partial charge on any atom is -0.358 e. The molecule has 1 amide bonds. The van der Waals surface area contributed by atoms with Crippen molar-refractivity contribution in [1.82, 2.24) is 15.0 Å². The molecule has 2 N–H and O–H groups in total. The molecule has 0 aliphatic carbocycles. The third-order valence-corrected chi connectivity index (χ3v) is 3.38. The molecule has 0 aliphatic heterocycles. The number of carbonyl (C=O) groups excluding carboxylic acids is 1. The van der Waals surface area contributed by atoms with Gasteiger partial charge in [-0.1, -0.05) is 0 Å². The highest BCUT2D eigenvalue weighted by Gasteiger charge is 2.10. The molecule has 20 heavy (non-hydrogen) atoms. The number of H-pyrrole nitrogens is 1. The van der Waals surface area contributed by atoms with Gasteiger partial charge in [0.15, 0.2) is 5.82 Å². The number of nitrogens with one attached hydrogen (secondary N) is 2. The van der Waals surface area contributed by atoms with Gasteiger partial charge in [-0.3, -0.25) is 9.78 Å². The summed E-state index contributed by atoms with van der Waals surface area (Å²) in [6.45, 7) is 4.06. The minimum absolute atomic E-state index is 0.189. The van der Waals surface area contributed by atoms with E-state index in [1.807, 2.05) is 26.0 Å². The Morgan fingerprint density at radius 1 is 1.25 bits per heavy atom. The lowest BCUT2D eigenvalue weighted by molar-refractivity contribution is 0.102. The van der Waals surface area contributed by atoms with E-state index in [1.165, 1.54) is 6.20 Å². The fraction of sp³-hybridized carbons (Fsp3) is 0.133. The average Bonchev–Trinajstić information content (AvgIpc) is 2.75. The largest absolute Gasteiger partial charge is 0.358 e. The lowest BCUT2D eigenvalue weighted by Gasteiger charge is -2.04. The molecule has 100 valence electrons. The van der Waals surface area contributed by atoms with Crippen LogP contribution in [-0.2, 0) is 0 Å². The number of benzene rings is 1. The van der Waals surface area contributed by atoms with Gasteiger partial charge in [0.2, 0.25) is 0 Å². The van der Waals surface area contributed by atoms with Crippen molar-refractivity contribution in [3.05, 3.63) is 53.6 Å². The first kappa shape index (κ1) is 12.3. The second-order valence-corrected chi connectivity index (χ2v) is 4.68. The van der Waals surface area contributed by atoms with Gasteiger partial charge >= 0.3 is 0 Å². The molecule has 2 aromatic heterocycles. The average molecular weight is 266 g/mol. The van der Waals surface area contributed by atoms with Crippen molar-refractivity contribution >= 4 is 22.6 Å². The van der Waals surface area contributed by atoms with E-state index in [1.54, 1.807) is 18.5 Å². The van der Waals surface area contributed by atoms with Gasteiger partial charge in [0.05, 0.1) is 6.20 Å². The molecule has 0 fully saturated rings. The Hall–Kier alpha value is -2.69. The van der Waals surface area contributed by atoms with Crippen molar-refractivity contribution in [2.75, 3.05) is 5.32 Å². The monoisotopic (exact) mass is 266 g/mol. The molecule has 5 heteroatoms. The number of carbonyl (C=O) groups is 1. The molecule has 3 aromatic rings. The summed E-state index contributed by atoms with van der Waals surface area (Å²) in [5, 5.41) is 3.79. The number of fused-ring (bicyclic) bond motifs is 1. The summed E-state index contributed by atoms with van der Waals surface area (Å²) in [5.41, 5.74) is 3.92. The van der Waals surface area contributed by atoms with Gasteiger partial charge in [-0.2, -0.15) is 0 Å². The first-order chi connectivity index (χ1) is 9.65. The summed E-state index contributed by atoms with van der Waals surface area (Å²) >= 11 is 0. The summed E-state index contributed by atoms with van der Waals surface area (Å²) in [6.07, 6.45) is 4.62. The Labute approximate surface area is 116 Å². The molecule has 0 saturated carbocycles. The van der Waals surface area contributed by atoms with Crippen LogP contribution in [0.5, 0.6) is 0 Å². The van der Waals surface area contributed by atoms with E-state index in [-0.39, 0.29) is 5.91 Å².